The maximum absolute atomic E-state index is 13.4. The Bertz CT molecular complexity index is 425. The van der Waals surface area contributed by atoms with Gasteiger partial charge in [-0.1, -0.05) is 12.5 Å². The summed E-state index contributed by atoms with van der Waals surface area (Å²) in [7, 11) is 0. The molecule has 1 unspecified atom stereocenters. The second kappa shape index (κ2) is 6.61. The second-order valence-electron chi connectivity index (χ2n) is 4.79. The molecule has 1 atom stereocenters. The molecule has 0 radical (unpaired) electrons. The van der Waals surface area contributed by atoms with Gasteiger partial charge in [-0.3, -0.25) is 4.79 Å². The van der Waals surface area contributed by atoms with E-state index in [-0.39, 0.29) is 0 Å². The SMILES string of the molecule is O=C(NCCC1CCCCN1)c1c(F)cccc1F. The van der Waals surface area contributed by atoms with Crippen LogP contribution >= 0.6 is 0 Å². The molecule has 0 saturated carbocycles. The van der Waals surface area contributed by atoms with Crippen molar-refractivity contribution >= 4 is 5.91 Å². The maximum Gasteiger partial charge on any atom is 0.257 e. The summed E-state index contributed by atoms with van der Waals surface area (Å²) >= 11 is 0. The lowest BCUT2D eigenvalue weighted by atomic mass is 10.0. The molecule has 1 aliphatic heterocycles. The third-order valence-corrected chi connectivity index (χ3v) is 3.38. The molecule has 19 heavy (non-hydrogen) atoms. The summed E-state index contributed by atoms with van der Waals surface area (Å²) in [5.74, 6) is -2.34. The molecule has 1 amide bonds. The predicted octanol–water partition coefficient (Wildman–Crippen LogP) is 2.23. The number of rotatable bonds is 4. The maximum atomic E-state index is 13.4. The number of halogens is 2. The lowest BCUT2D eigenvalue weighted by Gasteiger charge is -2.23. The van der Waals surface area contributed by atoms with E-state index in [1.807, 2.05) is 0 Å². The molecule has 0 aromatic heterocycles. The fourth-order valence-corrected chi connectivity index (χ4v) is 2.33. The van der Waals surface area contributed by atoms with Crippen LogP contribution in [0.25, 0.3) is 0 Å². The smallest absolute Gasteiger partial charge is 0.257 e. The fourth-order valence-electron chi connectivity index (χ4n) is 2.33. The molecule has 2 N–H and O–H groups in total. The molecule has 0 aliphatic carbocycles. The van der Waals surface area contributed by atoms with Crippen molar-refractivity contribution < 1.29 is 13.6 Å². The summed E-state index contributed by atoms with van der Waals surface area (Å²) in [6, 6.07) is 3.80. The molecule has 1 aromatic carbocycles. The lowest BCUT2D eigenvalue weighted by Crippen LogP contribution is -2.37. The minimum absolute atomic E-state index is 0.388. The minimum Gasteiger partial charge on any atom is -0.352 e. The van der Waals surface area contributed by atoms with Gasteiger partial charge in [0.15, 0.2) is 0 Å². The van der Waals surface area contributed by atoms with Crippen molar-refractivity contribution in [3.05, 3.63) is 35.4 Å². The molecule has 3 nitrogen and oxygen atoms in total. The molecule has 0 bridgehead atoms. The molecule has 1 aromatic rings. The van der Waals surface area contributed by atoms with Crippen molar-refractivity contribution in [3.8, 4) is 0 Å². The van der Waals surface area contributed by atoms with Gasteiger partial charge >= 0.3 is 0 Å². The number of nitrogens with one attached hydrogen (secondary N) is 2. The van der Waals surface area contributed by atoms with Gasteiger partial charge < -0.3 is 10.6 Å². The number of carbonyl (C=O) groups is 1. The Kier molecular flexibility index (Phi) is 4.85. The van der Waals surface area contributed by atoms with E-state index in [4.69, 9.17) is 0 Å². The van der Waals surface area contributed by atoms with Crippen molar-refractivity contribution in [2.24, 2.45) is 0 Å². The van der Waals surface area contributed by atoms with Crippen LogP contribution in [-0.2, 0) is 0 Å². The molecular formula is C14H18F2N2O. The van der Waals surface area contributed by atoms with Crippen LogP contribution in [-0.4, -0.2) is 25.0 Å². The van der Waals surface area contributed by atoms with Gasteiger partial charge in [0.25, 0.3) is 5.91 Å². The normalized spacial score (nSPS) is 19.2. The number of hydrogen-bond donors (Lipinski definition) is 2. The minimum atomic E-state index is -0.826. The number of benzene rings is 1. The van der Waals surface area contributed by atoms with Gasteiger partial charge in [-0.25, -0.2) is 8.78 Å². The van der Waals surface area contributed by atoms with E-state index in [2.05, 4.69) is 10.6 Å². The zero-order chi connectivity index (χ0) is 13.7. The molecule has 1 aliphatic rings. The van der Waals surface area contributed by atoms with Crippen molar-refractivity contribution in [1.29, 1.82) is 0 Å². The summed E-state index contributed by atoms with van der Waals surface area (Å²) < 4.78 is 26.7. The van der Waals surface area contributed by atoms with Crippen LogP contribution in [0.5, 0.6) is 0 Å². The first-order chi connectivity index (χ1) is 9.18. The summed E-state index contributed by atoms with van der Waals surface area (Å²) in [4.78, 5) is 11.7. The first-order valence-corrected chi connectivity index (χ1v) is 6.64. The highest BCUT2D eigenvalue weighted by atomic mass is 19.1. The largest absolute Gasteiger partial charge is 0.352 e. The van der Waals surface area contributed by atoms with Gasteiger partial charge in [0.2, 0.25) is 0 Å². The summed E-state index contributed by atoms with van der Waals surface area (Å²) in [5, 5.41) is 5.92. The molecule has 104 valence electrons. The van der Waals surface area contributed by atoms with Crippen LogP contribution in [0.1, 0.15) is 36.0 Å². The van der Waals surface area contributed by atoms with Crippen LogP contribution in [0, 0.1) is 11.6 Å². The van der Waals surface area contributed by atoms with E-state index in [0.717, 1.165) is 31.5 Å². The van der Waals surface area contributed by atoms with Crippen LogP contribution in [0.2, 0.25) is 0 Å². The van der Waals surface area contributed by atoms with Crippen molar-refractivity contribution in [2.75, 3.05) is 13.1 Å². The van der Waals surface area contributed by atoms with E-state index >= 15 is 0 Å². The van der Waals surface area contributed by atoms with E-state index in [9.17, 15) is 13.6 Å². The Morgan fingerprint density at radius 3 is 2.68 bits per heavy atom. The Morgan fingerprint density at radius 2 is 2.05 bits per heavy atom. The third kappa shape index (κ3) is 3.73. The second-order valence-corrected chi connectivity index (χ2v) is 4.79. The zero-order valence-corrected chi connectivity index (χ0v) is 10.7. The molecule has 1 heterocycles. The quantitative estimate of drug-likeness (QED) is 0.879. The number of piperidine rings is 1. The summed E-state index contributed by atoms with van der Waals surface area (Å²) in [6.07, 6.45) is 4.24. The van der Waals surface area contributed by atoms with Crippen LogP contribution in [0.15, 0.2) is 18.2 Å². The van der Waals surface area contributed by atoms with Gasteiger partial charge in [0.05, 0.1) is 0 Å². The summed E-state index contributed by atoms with van der Waals surface area (Å²) in [6.45, 7) is 1.42. The average molecular weight is 268 g/mol. The highest BCUT2D eigenvalue weighted by Crippen LogP contribution is 2.12. The molecule has 5 heteroatoms. The van der Waals surface area contributed by atoms with Gasteiger partial charge in [0.1, 0.15) is 17.2 Å². The first-order valence-electron chi connectivity index (χ1n) is 6.64. The van der Waals surface area contributed by atoms with Crippen LogP contribution < -0.4 is 10.6 Å². The highest BCUT2D eigenvalue weighted by Gasteiger charge is 2.17. The van der Waals surface area contributed by atoms with Gasteiger partial charge in [-0.05, 0) is 37.9 Å². The zero-order valence-electron chi connectivity index (χ0n) is 10.7. The summed E-state index contributed by atoms with van der Waals surface area (Å²) in [5.41, 5.74) is -0.501. The molecule has 1 saturated heterocycles. The van der Waals surface area contributed by atoms with Crippen LogP contribution in [0.3, 0.4) is 0 Å². The predicted molar refractivity (Wildman–Crippen MR) is 68.9 cm³/mol. The molecule has 0 spiro atoms. The highest BCUT2D eigenvalue weighted by molar-refractivity contribution is 5.94. The van der Waals surface area contributed by atoms with Gasteiger partial charge in [0, 0.05) is 12.6 Å². The van der Waals surface area contributed by atoms with Crippen molar-refractivity contribution in [1.82, 2.24) is 10.6 Å². The molecule has 2 rings (SSSR count). The van der Waals surface area contributed by atoms with E-state index in [1.54, 1.807) is 0 Å². The number of hydrogen-bond acceptors (Lipinski definition) is 2. The monoisotopic (exact) mass is 268 g/mol. The standard InChI is InChI=1S/C14H18F2N2O/c15-11-5-3-6-12(16)13(11)14(19)18-9-7-10-4-1-2-8-17-10/h3,5-6,10,17H,1-2,4,7-9H2,(H,18,19). The molecule has 1 fully saturated rings. The Balaban J connectivity index is 1.84. The van der Waals surface area contributed by atoms with E-state index in [0.29, 0.717) is 12.6 Å². The van der Waals surface area contributed by atoms with Crippen molar-refractivity contribution in [3.63, 3.8) is 0 Å². The topological polar surface area (TPSA) is 41.1 Å². The number of amides is 1. The fraction of sp³-hybridized carbons (Fsp3) is 0.500. The lowest BCUT2D eigenvalue weighted by molar-refractivity contribution is 0.0943. The Morgan fingerprint density at radius 1 is 1.32 bits per heavy atom. The van der Waals surface area contributed by atoms with E-state index < -0.39 is 23.1 Å². The van der Waals surface area contributed by atoms with E-state index in [1.165, 1.54) is 18.9 Å². The average Bonchev–Trinajstić information content (AvgIpc) is 2.40. The van der Waals surface area contributed by atoms with Crippen molar-refractivity contribution in [2.45, 2.75) is 31.7 Å². The Labute approximate surface area is 111 Å². The Hall–Kier alpha value is -1.49. The van der Waals surface area contributed by atoms with Gasteiger partial charge in [-0.2, -0.15) is 0 Å². The third-order valence-electron chi connectivity index (χ3n) is 3.38. The number of carbonyl (C=O) groups excluding carboxylic acids is 1. The first kappa shape index (κ1) is 13.9. The van der Waals surface area contributed by atoms with Crippen LogP contribution in [0.4, 0.5) is 8.78 Å². The molecular weight excluding hydrogens is 250 g/mol. The van der Waals surface area contributed by atoms with Gasteiger partial charge in [-0.15, -0.1) is 0 Å².